The fourth-order valence-electron chi connectivity index (χ4n) is 5.59. The molecular weight excluding hydrogens is 378 g/mol. The molecule has 2 aromatic rings. The summed E-state index contributed by atoms with van der Waals surface area (Å²) in [5.74, 6) is 1.68. The van der Waals surface area contributed by atoms with Gasteiger partial charge in [-0.2, -0.15) is 0 Å². The van der Waals surface area contributed by atoms with Crippen LogP contribution in [0.1, 0.15) is 36.2 Å². The molecule has 0 aliphatic carbocycles. The maximum atomic E-state index is 12.4. The summed E-state index contributed by atoms with van der Waals surface area (Å²) >= 11 is 0. The SMILES string of the molecule is Cc1cc(C)nc(N2C[C@@H]3[C@H](CNC(=O)CCc4cccnc4)[C@H]4CC[C@]3(C2)O4)n1. The average Bonchev–Trinajstić information content (AvgIpc) is 3.39. The number of aromatic nitrogens is 3. The molecule has 3 saturated heterocycles. The monoisotopic (exact) mass is 407 g/mol. The van der Waals surface area contributed by atoms with Crippen LogP contribution in [0.2, 0.25) is 0 Å². The van der Waals surface area contributed by atoms with Crippen LogP contribution < -0.4 is 10.2 Å². The minimum Gasteiger partial charge on any atom is -0.369 e. The molecule has 5 rings (SSSR count). The van der Waals surface area contributed by atoms with Gasteiger partial charge >= 0.3 is 0 Å². The summed E-state index contributed by atoms with van der Waals surface area (Å²) in [6.07, 6.45) is 7.21. The van der Waals surface area contributed by atoms with Gasteiger partial charge in [0.1, 0.15) is 0 Å². The van der Waals surface area contributed by atoms with Gasteiger partial charge in [0.05, 0.1) is 18.2 Å². The van der Waals surface area contributed by atoms with Crippen molar-refractivity contribution >= 4 is 11.9 Å². The number of anilines is 1. The molecule has 3 aliphatic rings. The van der Waals surface area contributed by atoms with E-state index in [1.165, 1.54) is 0 Å². The van der Waals surface area contributed by atoms with Crippen LogP contribution in [0.4, 0.5) is 5.95 Å². The lowest BCUT2D eigenvalue weighted by Gasteiger charge is -2.29. The third kappa shape index (κ3) is 3.55. The minimum absolute atomic E-state index is 0.100. The molecular formula is C23H29N5O2. The first-order chi connectivity index (χ1) is 14.5. The van der Waals surface area contributed by atoms with Gasteiger partial charge in [0, 0.05) is 55.1 Å². The van der Waals surface area contributed by atoms with Gasteiger partial charge in [-0.25, -0.2) is 9.97 Å². The smallest absolute Gasteiger partial charge is 0.225 e. The maximum absolute atomic E-state index is 12.4. The average molecular weight is 408 g/mol. The third-order valence-corrected chi connectivity index (χ3v) is 6.94. The molecule has 1 amide bonds. The van der Waals surface area contributed by atoms with Crippen LogP contribution in [0, 0.1) is 25.7 Å². The number of fused-ring (bicyclic) bond motifs is 1. The van der Waals surface area contributed by atoms with E-state index < -0.39 is 0 Å². The molecule has 7 nitrogen and oxygen atoms in total. The highest BCUT2D eigenvalue weighted by Gasteiger charge is 2.63. The van der Waals surface area contributed by atoms with Crippen molar-refractivity contribution in [1.29, 1.82) is 0 Å². The topological polar surface area (TPSA) is 80.2 Å². The van der Waals surface area contributed by atoms with Gasteiger partial charge in [0.2, 0.25) is 11.9 Å². The minimum atomic E-state index is -0.100. The molecule has 5 heterocycles. The summed E-state index contributed by atoms with van der Waals surface area (Å²) in [6.45, 7) is 6.46. The number of pyridine rings is 1. The molecule has 0 aromatic carbocycles. The maximum Gasteiger partial charge on any atom is 0.225 e. The summed E-state index contributed by atoms with van der Waals surface area (Å²) in [5, 5.41) is 3.17. The second-order valence-electron chi connectivity index (χ2n) is 9.03. The van der Waals surface area contributed by atoms with Crippen molar-refractivity contribution in [2.24, 2.45) is 11.8 Å². The molecule has 7 heteroatoms. The Labute approximate surface area is 177 Å². The van der Waals surface area contributed by atoms with E-state index in [0.29, 0.717) is 24.8 Å². The Morgan fingerprint density at radius 1 is 1.33 bits per heavy atom. The molecule has 158 valence electrons. The molecule has 2 bridgehead atoms. The number of rotatable bonds is 6. The predicted octanol–water partition coefficient (Wildman–Crippen LogP) is 2.22. The van der Waals surface area contributed by atoms with Crippen molar-refractivity contribution in [2.45, 2.75) is 51.2 Å². The lowest BCUT2D eigenvalue weighted by Crippen LogP contribution is -2.41. The first-order valence-electron chi connectivity index (χ1n) is 10.9. The molecule has 0 radical (unpaired) electrons. The van der Waals surface area contributed by atoms with Gasteiger partial charge in [0.15, 0.2) is 0 Å². The van der Waals surface area contributed by atoms with Crippen LogP contribution in [0.25, 0.3) is 0 Å². The fraction of sp³-hybridized carbons (Fsp3) is 0.565. The summed E-state index contributed by atoms with van der Waals surface area (Å²) in [7, 11) is 0. The summed E-state index contributed by atoms with van der Waals surface area (Å²) < 4.78 is 6.51. The van der Waals surface area contributed by atoms with Crippen molar-refractivity contribution in [3.8, 4) is 0 Å². The van der Waals surface area contributed by atoms with Crippen molar-refractivity contribution in [3.63, 3.8) is 0 Å². The Balaban J connectivity index is 1.21. The summed E-state index contributed by atoms with van der Waals surface area (Å²) in [5.41, 5.74) is 2.98. The van der Waals surface area contributed by atoms with Gasteiger partial charge in [-0.3, -0.25) is 9.78 Å². The highest BCUT2D eigenvalue weighted by Crippen LogP contribution is 2.54. The Morgan fingerprint density at radius 2 is 2.17 bits per heavy atom. The zero-order chi connectivity index (χ0) is 20.7. The van der Waals surface area contributed by atoms with Gasteiger partial charge in [-0.15, -0.1) is 0 Å². The van der Waals surface area contributed by atoms with E-state index in [1.54, 1.807) is 6.20 Å². The number of aryl methyl sites for hydroxylation is 3. The van der Waals surface area contributed by atoms with Crippen LogP contribution in [0.15, 0.2) is 30.6 Å². The standard InChI is InChI=1S/C23H29N5O2/c1-15-10-16(2)27-22(26-15)28-13-19-18(20-7-8-23(19,14-28)30-20)12-25-21(29)6-5-17-4-3-9-24-11-17/h3-4,9-11,18-20H,5-8,12-14H2,1-2H3,(H,25,29)/t18-,19+,20+,23+/m0/s1. The molecule has 30 heavy (non-hydrogen) atoms. The van der Waals surface area contributed by atoms with Crippen molar-refractivity contribution in [1.82, 2.24) is 20.3 Å². The highest BCUT2D eigenvalue weighted by atomic mass is 16.5. The van der Waals surface area contributed by atoms with Gasteiger partial charge in [-0.1, -0.05) is 6.07 Å². The Morgan fingerprint density at radius 3 is 2.93 bits per heavy atom. The molecule has 1 spiro atoms. The van der Waals surface area contributed by atoms with Crippen LogP contribution in [-0.2, 0) is 16.0 Å². The third-order valence-electron chi connectivity index (χ3n) is 6.94. The number of carbonyl (C=O) groups is 1. The van der Waals surface area contributed by atoms with E-state index in [4.69, 9.17) is 4.74 Å². The van der Waals surface area contributed by atoms with Crippen LogP contribution in [0.5, 0.6) is 0 Å². The summed E-state index contributed by atoms with van der Waals surface area (Å²) in [6, 6.07) is 5.92. The number of nitrogens with zero attached hydrogens (tertiary/aromatic N) is 4. The number of hydrogen-bond donors (Lipinski definition) is 1. The van der Waals surface area contributed by atoms with E-state index in [0.717, 1.165) is 55.3 Å². The number of amides is 1. The number of ether oxygens (including phenoxy) is 1. The van der Waals surface area contributed by atoms with Crippen LogP contribution in [-0.4, -0.2) is 52.2 Å². The first-order valence-corrected chi connectivity index (χ1v) is 10.9. The van der Waals surface area contributed by atoms with Gasteiger partial charge in [-0.05, 0) is 50.8 Å². The van der Waals surface area contributed by atoms with Crippen molar-refractivity contribution in [2.75, 3.05) is 24.5 Å². The second kappa shape index (κ2) is 7.61. The first kappa shape index (κ1) is 19.4. The Kier molecular flexibility index (Phi) is 4.93. The van der Waals surface area contributed by atoms with Crippen LogP contribution >= 0.6 is 0 Å². The largest absolute Gasteiger partial charge is 0.369 e. The number of carbonyl (C=O) groups excluding carboxylic acids is 1. The van der Waals surface area contributed by atoms with Gasteiger partial charge in [0.25, 0.3) is 0 Å². The quantitative estimate of drug-likeness (QED) is 0.791. The number of hydrogen-bond acceptors (Lipinski definition) is 6. The zero-order valence-electron chi connectivity index (χ0n) is 17.7. The highest BCUT2D eigenvalue weighted by molar-refractivity contribution is 5.76. The number of nitrogens with one attached hydrogen (secondary N) is 1. The molecule has 0 saturated carbocycles. The lowest BCUT2D eigenvalue weighted by molar-refractivity contribution is -0.121. The van der Waals surface area contributed by atoms with Gasteiger partial charge < -0.3 is 15.0 Å². The molecule has 0 unspecified atom stereocenters. The lowest BCUT2D eigenvalue weighted by atomic mass is 9.73. The molecule has 3 fully saturated rings. The Hall–Kier alpha value is -2.54. The van der Waals surface area contributed by atoms with E-state index >= 15 is 0 Å². The molecule has 2 aromatic heterocycles. The second-order valence-corrected chi connectivity index (χ2v) is 9.03. The molecule has 3 aliphatic heterocycles. The molecule has 4 atom stereocenters. The predicted molar refractivity (Wildman–Crippen MR) is 113 cm³/mol. The fourth-order valence-corrected chi connectivity index (χ4v) is 5.59. The van der Waals surface area contributed by atoms with Crippen molar-refractivity contribution in [3.05, 3.63) is 47.5 Å². The van der Waals surface area contributed by atoms with E-state index in [1.807, 2.05) is 38.2 Å². The summed E-state index contributed by atoms with van der Waals surface area (Å²) in [4.78, 5) is 28.1. The van der Waals surface area contributed by atoms with E-state index in [2.05, 4.69) is 25.2 Å². The van der Waals surface area contributed by atoms with E-state index in [-0.39, 0.29) is 17.6 Å². The molecule has 1 N–H and O–H groups in total. The van der Waals surface area contributed by atoms with E-state index in [9.17, 15) is 4.79 Å². The van der Waals surface area contributed by atoms with Crippen LogP contribution in [0.3, 0.4) is 0 Å². The zero-order valence-corrected chi connectivity index (χ0v) is 17.7. The van der Waals surface area contributed by atoms with Crippen molar-refractivity contribution < 1.29 is 9.53 Å². The Bertz CT molecular complexity index is 916. The normalized spacial score (nSPS) is 29.3.